The summed E-state index contributed by atoms with van der Waals surface area (Å²) < 4.78 is 0. The van der Waals surface area contributed by atoms with Crippen LogP contribution in [-0.2, 0) is 4.79 Å². The maximum absolute atomic E-state index is 10.8. The summed E-state index contributed by atoms with van der Waals surface area (Å²) in [4.78, 5) is 11.6. The van der Waals surface area contributed by atoms with Crippen LogP contribution in [0.25, 0.3) is 0 Å². The van der Waals surface area contributed by atoms with E-state index in [0.717, 1.165) is 4.88 Å². The monoisotopic (exact) mass is 200 g/mol. The standard InChI is InChI=1S/C8H12N2O2S/c9-3-4-10-7(8(11)12)6-2-1-5-13-6/h1-2,5,7,10H,3-4,9H2,(H,11,12). The molecule has 13 heavy (non-hydrogen) atoms. The summed E-state index contributed by atoms with van der Waals surface area (Å²) in [6.07, 6.45) is 0. The summed E-state index contributed by atoms with van der Waals surface area (Å²) in [5.74, 6) is -0.865. The normalized spacial score (nSPS) is 12.7. The Hall–Kier alpha value is -0.910. The van der Waals surface area contributed by atoms with E-state index in [4.69, 9.17) is 10.8 Å². The zero-order valence-electron chi connectivity index (χ0n) is 7.06. The quantitative estimate of drug-likeness (QED) is 0.644. The van der Waals surface area contributed by atoms with Crippen LogP contribution in [0.5, 0.6) is 0 Å². The molecule has 0 aliphatic carbocycles. The minimum Gasteiger partial charge on any atom is -0.480 e. The first-order chi connectivity index (χ1) is 6.25. The molecule has 4 nitrogen and oxygen atoms in total. The molecule has 1 atom stereocenters. The molecule has 0 spiro atoms. The van der Waals surface area contributed by atoms with Crippen LogP contribution >= 0.6 is 11.3 Å². The van der Waals surface area contributed by atoms with Gasteiger partial charge in [0.25, 0.3) is 0 Å². The van der Waals surface area contributed by atoms with Gasteiger partial charge in [-0.05, 0) is 11.4 Å². The zero-order chi connectivity index (χ0) is 9.68. The highest BCUT2D eigenvalue weighted by Crippen LogP contribution is 2.18. The molecule has 0 aromatic carbocycles. The zero-order valence-corrected chi connectivity index (χ0v) is 7.88. The summed E-state index contributed by atoms with van der Waals surface area (Å²) in [6.45, 7) is 0.948. The lowest BCUT2D eigenvalue weighted by Crippen LogP contribution is -2.31. The molecule has 0 aliphatic rings. The van der Waals surface area contributed by atoms with Crippen LogP contribution in [0, 0.1) is 0 Å². The van der Waals surface area contributed by atoms with Gasteiger partial charge in [-0.3, -0.25) is 10.1 Å². The third-order valence-corrected chi connectivity index (χ3v) is 2.50. The van der Waals surface area contributed by atoms with Gasteiger partial charge in [-0.25, -0.2) is 0 Å². The van der Waals surface area contributed by atoms with Crippen LogP contribution < -0.4 is 11.1 Å². The first kappa shape index (κ1) is 10.2. The second-order valence-electron chi connectivity index (χ2n) is 2.53. The van der Waals surface area contributed by atoms with Crippen LogP contribution in [0.4, 0.5) is 0 Å². The first-order valence-corrected chi connectivity index (χ1v) is 4.83. The van der Waals surface area contributed by atoms with Crippen molar-refractivity contribution in [3.63, 3.8) is 0 Å². The number of nitrogens with one attached hydrogen (secondary N) is 1. The van der Waals surface area contributed by atoms with E-state index in [1.807, 2.05) is 11.4 Å². The predicted molar refractivity (Wildman–Crippen MR) is 51.8 cm³/mol. The fourth-order valence-corrected chi connectivity index (χ4v) is 1.78. The molecule has 1 heterocycles. The van der Waals surface area contributed by atoms with Crippen LogP contribution in [-0.4, -0.2) is 24.2 Å². The van der Waals surface area contributed by atoms with E-state index in [9.17, 15) is 4.79 Å². The predicted octanol–water partition coefficient (Wildman–Crippen LogP) is 0.422. The molecule has 4 N–H and O–H groups in total. The number of aliphatic carboxylic acids is 1. The number of carboxylic acids is 1. The topological polar surface area (TPSA) is 75.3 Å². The highest BCUT2D eigenvalue weighted by Gasteiger charge is 2.18. The van der Waals surface area contributed by atoms with Gasteiger partial charge < -0.3 is 10.8 Å². The van der Waals surface area contributed by atoms with Crippen molar-refractivity contribution in [3.8, 4) is 0 Å². The number of hydrogen-bond acceptors (Lipinski definition) is 4. The van der Waals surface area contributed by atoms with Gasteiger partial charge in [0.15, 0.2) is 0 Å². The van der Waals surface area contributed by atoms with Gasteiger partial charge in [0.2, 0.25) is 0 Å². The van der Waals surface area contributed by atoms with Gasteiger partial charge >= 0.3 is 5.97 Å². The van der Waals surface area contributed by atoms with E-state index >= 15 is 0 Å². The van der Waals surface area contributed by atoms with Crippen molar-refractivity contribution in [2.24, 2.45) is 5.73 Å². The Morgan fingerprint density at radius 3 is 3.00 bits per heavy atom. The Morgan fingerprint density at radius 1 is 1.77 bits per heavy atom. The molecule has 1 rings (SSSR count). The van der Waals surface area contributed by atoms with Gasteiger partial charge in [0.05, 0.1) is 0 Å². The minimum absolute atomic E-state index is 0.440. The lowest BCUT2D eigenvalue weighted by molar-refractivity contribution is -0.139. The average molecular weight is 200 g/mol. The second kappa shape index (κ2) is 4.96. The maximum atomic E-state index is 10.8. The summed E-state index contributed by atoms with van der Waals surface area (Å²) in [6, 6.07) is 3.01. The fourth-order valence-electron chi connectivity index (χ4n) is 0.993. The van der Waals surface area contributed by atoms with Crippen molar-refractivity contribution in [3.05, 3.63) is 22.4 Å². The molecule has 72 valence electrons. The van der Waals surface area contributed by atoms with Crippen LogP contribution in [0.15, 0.2) is 17.5 Å². The van der Waals surface area contributed by atoms with Crippen molar-refractivity contribution in [2.75, 3.05) is 13.1 Å². The van der Waals surface area contributed by atoms with E-state index in [0.29, 0.717) is 13.1 Å². The van der Waals surface area contributed by atoms with E-state index in [1.165, 1.54) is 11.3 Å². The molecule has 1 aromatic rings. The molecule has 0 amide bonds. The number of carboxylic acid groups (broad SMARTS) is 1. The highest BCUT2D eigenvalue weighted by atomic mass is 32.1. The van der Waals surface area contributed by atoms with E-state index in [-0.39, 0.29) is 0 Å². The Kier molecular flexibility index (Phi) is 3.88. The Bertz CT molecular complexity index is 261. The first-order valence-electron chi connectivity index (χ1n) is 3.95. The van der Waals surface area contributed by atoms with Crippen LogP contribution in [0.2, 0.25) is 0 Å². The van der Waals surface area contributed by atoms with Gasteiger partial charge in [0.1, 0.15) is 6.04 Å². The minimum atomic E-state index is -0.865. The Labute approximate surface area is 80.4 Å². The van der Waals surface area contributed by atoms with Crippen molar-refractivity contribution in [1.29, 1.82) is 0 Å². The van der Waals surface area contributed by atoms with Crippen molar-refractivity contribution >= 4 is 17.3 Å². The largest absolute Gasteiger partial charge is 0.480 e. The molecule has 5 heteroatoms. The van der Waals surface area contributed by atoms with E-state index in [2.05, 4.69) is 5.32 Å². The summed E-state index contributed by atoms with van der Waals surface area (Å²) >= 11 is 1.43. The van der Waals surface area contributed by atoms with Crippen LogP contribution in [0.1, 0.15) is 10.9 Å². The number of hydrogen-bond donors (Lipinski definition) is 3. The summed E-state index contributed by atoms with van der Waals surface area (Å²) in [5.41, 5.74) is 5.28. The third-order valence-electron chi connectivity index (χ3n) is 1.57. The van der Waals surface area contributed by atoms with Gasteiger partial charge in [-0.1, -0.05) is 6.07 Å². The Morgan fingerprint density at radius 2 is 2.54 bits per heavy atom. The van der Waals surface area contributed by atoms with Crippen molar-refractivity contribution in [2.45, 2.75) is 6.04 Å². The second-order valence-corrected chi connectivity index (χ2v) is 3.51. The molecule has 0 fully saturated rings. The SMILES string of the molecule is NCCNC(C(=O)O)c1cccs1. The molecule has 0 saturated carbocycles. The Balaban J connectivity index is 2.63. The van der Waals surface area contributed by atoms with Crippen molar-refractivity contribution < 1.29 is 9.90 Å². The molecular formula is C8H12N2O2S. The van der Waals surface area contributed by atoms with Gasteiger partial charge in [-0.2, -0.15) is 0 Å². The molecule has 0 aliphatic heterocycles. The van der Waals surface area contributed by atoms with Crippen LogP contribution in [0.3, 0.4) is 0 Å². The maximum Gasteiger partial charge on any atom is 0.326 e. The summed E-state index contributed by atoms with van der Waals surface area (Å²) in [5, 5.41) is 13.6. The number of nitrogens with two attached hydrogens (primary N) is 1. The van der Waals surface area contributed by atoms with Gasteiger partial charge in [-0.15, -0.1) is 11.3 Å². The smallest absolute Gasteiger partial charge is 0.326 e. The molecule has 0 saturated heterocycles. The third kappa shape index (κ3) is 2.80. The lowest BCUT2D eigenvalue weighted by atomic mass is 10.2. The number of carbonyl (C=O) groups is 1. The lowest BCUT2D eigenvalue weighted by Gasteiger charge is -2.11. The highest BCUT2D eigenvalue weighted by molar-refractivity contribution is 7.10. The van der Waals surface area contributed by atoms with E-state index < -0.39 is 12.0 Å². The molecule has 0 bridgehead atoms. The summed E-state index contributed by atoms with van der Waals surface area (Å²) in [7, 11) is 0. The molecular weight excluding hydrogens is 188 g/mol. The fraction of sp³-hybridized carbons (Fsp3) is 0.375. The molecule has 0 radical (unpaired) electrons. The van der Waals surface area contributed by atoms with Crippen molar-refractivity contribution in [1.82, 2.24) is 5.32 Å². The molecule has 1 aromatic heterocycles. The van der Waals surface area contributed by atoms with E-state index in [1.54, 1.807) is 6.07 Å². The average Bonchev–Trinajstić information content (AvgIpc) is 2.57. The van der Waals surface area contributed by atoms with Gasteiger partial charge in [0, 0.05) is 18.0 Å². The molecule has 1 unspecified atom stereocenters. The number of rotatable bonds is 5. The number of thiophene rings is 1.